The van der Waals surface area contributed by atoms with Gasteiger partial charge in [-0.15, -0.1) is 0 Å². The van der Waals surface area contributed by atoms with Crippen LogP contribution in [0, 0.1) is 0 Å². The van der Waals surface area contributed by atoms with E-state index in [1.54, 1.807) is 7.05 Å². The highest BCUT2D eigenvalue weighted by atomic mass is 32.2. The first kappa shape index (κ1) is 17.9. The number of hydrogen-bond donors (Lipinski definition) is 2. The summed E-state index contributed by atoms with van der Waals surface area (Å²) in [5.74, 6) is 0. The Bertz CT molecular complexity index is 682. The molecule has 1 aromatic rings. The number of benzene rings is 1. The van der Waals surface area contributed by atoms with Gasteiger partial charge in [-0.1, -0.05) is 19.8 Å². The SMILES string of the molecule is CCCCCNS(=O)(=O)c1cc(S(C)(=O)=O)ccc1NC. The van der Waals surface area contributed by atoms with E-state index in [0.29, 0.717) is 12.2 Å². The minimum absolute atomic E-state index is 0.0181. The second kappa shape index (κ2) is 7.24. The van der Waals surface area contributed by atoms with Crippen molar-refractivity contribution in [2.45, 2.75) is 36.0 Å². The van der Waals surface area contributed by atoms with Crippen LogP contribution in [0.1, 0.15) is 26.2 Å². The third-order valence-electron chi connectivity index (χ3n) is 3.01. The Labute approximate surface area is 126 Å². The molecule has 0 spiro atoms. The molecule has 0 heterocycles. The van der Waals surface area contributed by atoms with Gasteiger partial charge in [0.25, 0.3) is 0 Å². The maximum Gasteiger partial charge on any atom is 0.242 e. The van der Waals surface area contributed by atoms with Crippen molar-refractivity contribution < 1.29 is 16.8 Å². The van der Waals surface area contributed by atoms with Crippen LogP contribution < -0.4 is 10.0 Å². The summed E-state index contributed by atoms with van der Waals surface area (Å²) in [5.41, 5.74) is 0.366. The van der Waals surface area contributed by atoms with Crippen LogP contribution in [-0.2, 0) is 19.9 Å². The summed E-state index contributed by atoms with van der Waals surface area (Å²) < 4.78 is 50.3. The fourth-order valence-corrected chi connectivity index (χ4v) is 3.85. The normalized spacial score (nSPS) is 12.3. The third kappa shape index (κ3) is 4.98. The Morgan fingerprint density at radius 3 is 2.29 bits per heavy atom. The van der Waals surface area contributed by atoms with Crippen molar-refractivity contribution in [1.82, 2.24) is 4.72 Å². The van der Waals surface area contributed by atoms with Gasteiger partial charge in [0.15, 0.2) is 9.84 Å². The highest BCUT2D eigenvalue weighted by Crippen LogP contribution is 2.24. The zero-order valence-corrected chi connectivity index (χ0v) is 14.1. The van der Waals surface area contributed by atoms with Crippen molar-refractivity contribution in [2.24, 2.45) is 0 Å². The van der Waals surface area contributed by atoms with E-state index in [-0.39, 0.29) is 9.79 Å². The summed E-state index contributed by atoms with van der Waals surface area (Å²) in [4.78, 5) is -0.0696. The van der Waals surface area contributed by atoms with Gasteiger partial charge in [-0.25, -0.2) is 21.6 Å². The molecule has 8 heteroatoms. The molecule has 1 rings (SSSR count). The quantitative estimate of drug-likeness (QED) is 0.705. The van der Waals surface area contributed by atoms with E-state index in [2.05, 4.69) is 10.0 Å². The molecule has 6 nitrogen and oxygen atoms in total. The molecule has 0 amide bonds. The van der Waals surface area contributed by atoms with Crippen molar-refractivity contribution in [2.75, 3.05) is 25.2 Å². The van der Waals surface area contributed by atoms with E-state index >= 15 is 0 Å². The molecule has 0 unspecified atom stereocenters. The lowest BCUT2D eigenvalue weighted by molar-refractivity contribution is 0.576. The van der Waals surface area contributed by atoms with Gasteiger partial charge in [0.05, 0.1) is 10.6 Å². The van der Waals surface area contributed by atoms with E-state index in [0.717, 1.165) is 25.5 Å². The summed E-state index contributed by atoms with van der Waals surface area (Å²) in [7, 11) is -5.61. The number of anilines is 1. The maximum atomic E-state index is 12.3. The zero-order valence-electron chi connectivity index (χ0n) is 12.5. The summed E-state index contributed by atoms with van der Waals surface area (Å²) in [6, 6.07) is 4.03. The minimum Gasteiger partial charge on any atom is -0.387 e. The van der Waals surface area contributed by atoms with Crippen molar-refractivity contribution in [1.29, 1.82) is 0 Å². The molecule has 120 valence electrons. The van der Waals surface area contributed by atoms with Crippen molar-refractivity contribution in [3.05, 3.63) is 18.2 Å². The molecular weight excluding hydrogens is 312 g/mol. The lowest BCUT2D eigenvalue weighted by Gasteiger charge is -2.12. The lowest BCUT2D eigenvalue weighted by atomic mass is 10.3. The lowest BCUT2D eigenvalue weighted by Crippen LogP contribution is -2.25. The Kier molecular flexibility index (Phi) is 6.18. The molecule has 0 aliphatic heterocycles. The van der Waals surface area contributed by atoms with Gasteiger partial charge < -0.3 is 5.32 Å². The van der Waals surface area contributed by atoms with Crippen LogP contribution in [0.5, 0.6) is 0 Å². The molecule has 0 aliphatic carbocycles. The smallest absolute Gasteiger partial charge is 0.242 e. The predicted octanol–water partition coefficient (Wildman–Crippen LogP) is 1.60. The fourth-order valence-electron chi connectivity index (χ4n) is 1.82. The van der Waals surface area contributed by atoms with Crippen LogP contribution in [0.4, 0.5) is 5.69 Å². The minimum atomic E-state index is -3.74. The van der Waals surface area contributed by atoms with E-state index < -0.39 is 19.9 Å². The van der Waals surface area contributed by atoms with E-state index in [1.165, 1.54) is 18.2 Å². The first-order valence-corrected chi connectivity index (χ1v) is 10.1. The van der Waals surface area contributed by atoms with Crippen LogP contribution in [0.3, 0.4) is 0 Å². The van der Waals surface area contributed by atoms with E-state index in [9.17, 15) is 16.8 Å². The molecule has 21 heavy (non-hydrogen) atoms. The molecule has 0 saturated carbocycles. The summed E-state index contributed by atoms with van der Waals surface area (Å²) in [6.07, 6.45) is 3.72. The first-order valence-electron chi connectivity index (χ1n) is 6.74. The number of hydrogen-bond acceptors (Lipinski definition) is 5. The number of nitrogens with one attached hydrogen (secondary N) is 2. The molecule has 0 atom stereocenters. The standard InChI is InChI=1S/C13H22N2O4S2/c1-4-5-6-9-15-21(18,19)13-10-11(20(3,16)17)7-8-12(13)14-2/h7-8,10,14-15H,4-6,9H2,1-3H3. The summed E-state index contributed by atoms with van der Waals surface area (Å²) >= 11 is 0. The molecule has 0 radical (unpaired) electrons. The van der Waals surface area contributed by atoms with Gasteiger partial charge in [0, 0.05) is 19.8 Å². The van der Waals surface area contributed by atoms with Gasteiger partial charge in [-0.3, -0.25) is 0 Å². The number of rotatable bonds is 8. The van der Waals surface area contributed by atoms with Crippen LogP contribution in [-0.4, -0.2) is 36.7 Å². The molecule has 0 fully saturated rings. The average molecular weight is 334 g/mol. The van der Waals surface area contributed by atoms with Crippen molar-refractivity contribution in [3.8, 4) is 0 Å². The van der Waals surface area contributed by atoms with Crippen LogP contribution >= 0.6 is 0 Å². The number of sulfonamides is 1. The molecule has 2 N–H and O–H groups in total. The Hall–Kier alpha value is -1.12. The summed E-state index contributed by atoms with van der Waals surface area (Å²) in [5, 5.41) is 2.77. The summed E-state index contributed by atoms with van der Waals surface area (Å²) in [6.45, 7) is 2.37. The molecule has 0 aliphatic rings. The number of unbranched alkanes of at least 4 members (excludes halogenated alkanes) is 2. The zero-order chi connectivity index (χ0) is 16.1. The van der Waals surface area contributed by atoms with Gasteiger partial charge in [0.2, 0.25) is 10.0 Å². The fraction of sp³-hybridized carbons (Fsp3) is 0.538. The molecule has 1 aromatic carbocycles. The Balaban J connectivity index is 3.14. The molecule has 0 aromatic heterocycles. The van der Waals surface area contributed by atoms with Crippen LogP contribution in [0.2, 0.25) is 0 Å². The van der Waals surface area contributed by atoms with E-state index in [4.69, 9.17) is 0 Å². The maximum absolute atomic E-state index is 12.3. The van der Waals surface area contributed by atoms with E-state index in [1.807, 2.05) is 6.92 Å². The van der Waals surface area contributed by atoms with Crippen molar-refractivity contribution >= 4 is 25.5 Å². The Morgan fingerprint density at radius 1 is 1.10 bits per heavy atom. The van der Waals surface area contributed by atoms with Crippen LogP contribution in [0.25, 0.3) is 0 Å². The predicted molar refractivity (Wildman–Crippen MR) is 83.8 cm³/mol. The molecule has 0 bridgehead atoms. The van der Waals surface area contributed by atoms with Crippen molar-refractivity contribution in [3.63, 3.8) is 0 Å². The molecular formula is C13H22N2O4S2. The van der Waals surface area contributed by atoms with Gasteiger partial charge >= 0.3 is 0 Å². The largest absolute Gasteiger partial charge is 0.387 e. The molecule has 0 saturated heterocycles. The Morgan fingerprint density at radius 2 is 1.76 bits per heavy atom. The second-order valence-electron chi connectivity index (χ2n) is 4.79. The highest BCUT2D eigenvalue weighted by Gasteiger charge is 2.20. The first-order chi connectivity index (χ1) is 9.72. The second-order valence-corrected chi connectivity index (χ2v) is 8.54. The third-order valence-corrected chi connectivity index (χ3v) is 5.62. The monoisotopic (exact) mass is 334 g/mol. The number of sulfone groups is 1. The van der Waals surface area contributed by atoms with Crippen LogP contribution in [0.15, 0.2) is 28.0 Å². The topological polar surface area (TPSA) is 92.3 Å². The average Bonchev–Trinajstić information content (AvgIpc) is 2.42. The van der Waals surface area contributed by atoms with Gasteiger partial charge in [-0.05, 0) is 24.6 Å². The van der Waals surface area contributed by atoms with Gasteiger partial charge in [-0.2, -0.15) is 0 Å². The van der Waals surface area contributed by atoms with Gasteiger partial charge in [0.1, 0.15) is 4.90 Å². The highest BCUT2D eigenvalue weighted by molar-refractivity contribution is 7.91.